The Kier molecular flexibility index (Phi) is 3.46. The van der Waals surface area contributed by atoms with Crippen LogP contribution in [-0.2, 0) is 9.84 Å². The number of aryl methyl sites for hydroxylation is 1. The van der Waals surface area contributed by atoms with Gasteiger partial charge in [0.15, 0.2) is 15.6 Å². The summed E-state index contributed by atoms with van der Waals surface area (Å²) in [6.45, 7) is 4.89. The molecule has 0 aliphatic carbocycles. The topological polar surface area (TPSA) is 51.2 Å². The van der Waals surface area contributed by atoms with Crippen molar-refractivity contribution < 1.29 is 13.2 Å². The molecule has 106 valence electrons. The first-order valence-electron chi connectivity index (χ1n) is 6.39. The quantitative estimate of drug-likeness (QED) is 0.816. The molecule has 3 nitrogen and oxygen atoms in total. The molecular formula is C16H18O3S. The first-order chi connectivity index (χ1) is 9.16. The minimum absolute atomic E-state index is 0.365. The number of carbonyl (C=O) groups is 1. The van der Waals surface area contributed by atoms with Gasteiger partial charge in [-0.3, -0.25) is 4.79 Å². The number of sulfone groups is 1. The maximum absolute atomic E-state index is 12.7. The second-order valence-corrected chi connectivity index (χ2v) is 8.15. The summed E-state index contributed by atoms with van der Waals surface area (Å²) in [5.41, 5.74) is 1.52. The molecule has 0 atom stereocenters. The van der Waals surface area contributed by atoms with E-state index in [4.69, 9.17) is 0 Å². The number of Topliss-reactive ketones (excluding diaryl/α,β-unsaturated/α-hetero) is 1. The molecule has 4 heteroatoms. The van der Waals surface area contributed by atoms with Crippen LogP contribution in [0.1, 0.15) is 29.8 Å². The number of benzene rings is 2. The summed E-state index contributed by atoms with van der Waals surface area (Å²) in [5, 5.41) is 1.77. The number of rotatable bonds is 3. The Balaban J connectivity index is 2.72. The summed E-state index contributed by atoms with van der Waals surface area (Å²) in [4.78, 5) is 12.7. The molecule has 2 aromatic carbocycles. The van der Waals surface area contributed by atoms with Crippen molar-refractivity contribution >= 4 is 26.4 Å². The normalized spacial score (nSPS) is 12.6. The fourth-order valence-corrected chi connectivity index (χ4v) is 2.59. The van der Waals surface area contributed by atoms with Gasteiger partial charge < -0.3 is 0 Å². The zero-order chi connectivity index (χ0) is 15.1. The van der Waals surface area contributed by atoms with E-state index in [-0.39, 0.29) is 5.78 Å². The summed E-state index contributed by atoms with van der Waals surface area (Å²) < 4.78 is 22.3. The van der Waals surface area contributed by atoms with Crippen LogP contribution in [0.5, 0.6) is 0 Å². The van der Waals surface area contributed by atoms with Crippen molar-refractivity contribution in [1.29, 1.82) is 0 Å². The molecule has 0 heterocycles. The van der Waals surface area contributed by atoms with Gasteiger partial charge in [-0.25, -0.2) is 8.42 Å². The lowest BCUT2D eigenvalue weighted by Crippen LogP contribution is -2.40. The summed E-state index contributed by atoms with van der Waals surface area (Å²) >= 11 is 0. The molecular weight excluding hydrogens is 272 g/mol. The average molecular weight is 290 g/mol. The van der Waals surface area contributed by atoms with Gasteiger partial charge in [-0.1, -0.05) is 36.4 Å². The van der Waals surface area contributed by atoms with E-state index in [1.165, 1.54) is 13.8 Å². The minimum Gasteiger partial charge on any atom is -0.292 e. The zero-order valence-corrected chi connectivity index (χ0v) is 12.9. The van der Waals surface area contributed by atoms with Gasteiger partial charge in [-0.05, 0) is 37.1 Å². The van der Waals surface area contributed by atoms with E-state index < -0.39 is 14.6 Å². The van der Waals surface area contributed by atoms with Gasteiger partial charge in [-0.2, -0.15) is 0 Å². The molecule has 2 aromatic rings. The molecule has 0 aromatic heterocycles. The lowest BCUT2D eigenvalue weighted by molar-refractivity contribution is 0.0956. The van der Waals surface area contributed by atoms with Gasteiger partial charge in [0.2, 0.25) is 0 Å². The number of carbonyl (C=O) groups excluding carboxylic acids is 1. The van der Waals surface area contributed by atoms with E-state index in [0.717, 1.165) is 22.6 Å². The van der Waals surface area contributed by atoms with Crippen molar-refractivity contribution in [3.63, 3.8) is 0 Å². The van der Waals surface area contributed by atoms with Crippen LogP contribution in [0.15, 0.2) is 36.4 Å². The van der Waals surface area contributed by atoms with Crippen LogP contribution in [0.3, 0.4) is 0 Å². The SMILES string of the molecule is Cc1ccc(C(=O)C(C)(C)S(C)(=O)=O)c2ccccc12. The highest BCUT2D eigenvalue weighted by Crippen LogP contribution is 2.28. The molecule has 0 bridgehead atoms. The van der Waals surface area contributed by atoms with E-state index in [1.54, 1.807) is 6.07 Å². The Morgan fingerprint density at radius 1 is 1.00 bits per heavy atom. The van der Waals surface area contributed by atoms with Crippen molar-refractivity contribution in [2.45, 2.75) is 25.5 Å². The van der Waals surface area contributed by atoms with Gasteiger partial charge in [-0.15, -0.1) is 0 Å². The largest absolute Gasteiger partial charge is 0.292 e. The standard InChI is InChI=1S/C16H18O3S/c1-11-9-10-14(13-8-6-5-7-12(11)13)15(17)16(2,3)20(4,18)19/h5-10H,1-4H3. The van der Waals surface area contributed by atoms with Crippen molar-refractivity contribution in [2.75, 3.05) is 6.26 Å². The third-order valence-electron chi connectivity index (χ3n) is 3.86. The van der Waals surface area contributed by atoms with Crippen LogP contribution in [0.4, 0.5) is 0 Å². The van der Waals surface area contributed by atoms with Crippen LogP contribution >= 0.6 is 0 Å². The summed E-state index contributed by atoms with van der Waals surface area (Å²) in [5.74, 6) is -0.365. The Hall–Kier alpha value is -1.68. The second-order valence-electron chi connectivity index (χ2n) is 5.59. The molecule has 0 saturated carbocycles. The molecule has 20 heavy (non-hydrogen) atoms. The summed E-state index contributed by atoms with van der Waals surface area (Å²) in [7, 11) is -3.48. The Morgan fingerprint density at radius 2 is 1.55 bits per heavy atom. The molecule has 0 aliphatic heterocycles. The monoisotopic (exact) mass is 290 g/mol. The first kappa shape index (κ1) is 14.7. The number of hydrogen-bond acceptors (Lipinski definition) is 3. The van der Waals surface area contributed by atoms with Crippen molar-refractivity contribution in [3.8, 4) is 0 Å². The molecule has 0 unspecified atom stereocenters. The molecule has 0 aliphatic rings. The smallest absolute Gasteiger partial charge is 0.184 e. The molecule has 0 N–H and O–H groups in total. The average Bonchev–Trinajstić information content (AvgIpc) is 2.37. The lowest BCUT2D eigenvalue weighted by Gasteiger charge is -2.22. The second kappa shape index (κ2) is 4.70. The fraction of sp³-hybridized carbons (Fsp3) is 0.312. The van der Waals surface area contributed by atoms with Crippen molar-refractivity contribution in [2.24, 2.45) is 0 Å². The Labute approximate surface area is 119 Å². The summed E-state index contributed by atoms with van der Waals surface area (Å²) in [6.07, 6.45) is 1.10. The van der Waals surface area contributed by atoms with Crippen molar-refractivity contribution in [1.82, 2.24) is 0 Å². The van der Waals surface area contributed by atoms with Crippen molar-refractivity contribution in [3.05, 3.63) is 47.5 Å². The highest BCUT2D eigenvalue weighted by molar-refractivity contribution is 7.92. The van der Waals surface area contributed by atoms with Gasteiger partial charge >= 0.3 is 0 Å². The molecule has 0 saturated heterocycles. The molecule has 0 radical (unpaired) electrons. The van der Waals surface area contributed by atoms with Gasteiger partial charge in [0.25, 0.3) is 0 Å². The van der Waals surface area contributed by atoms with Crippen LogP contribution < -0.4 is 0 Å². The summed E-state index contributed by atoms with van der Waals surface area (Å²) in [6, 6.07) is 11.1. The third kappa shape index (κ3) is 2.24. The fourth-order valence-electron chi connectivity index (χ4n) is 2.14. The third-order valence-corrected chi connectivity index (χ3v) is 5.90. The Bertz CT molecular complexity index is 786. The number of fused-ring (bicyclic) bond motifs is 1. The zero-order valence-electron chi connectivity index (χ0n) is 12.1. The predicted molar refractivity (Wildman–Crippen MR) is 81.9 cm³/mol. The molecule has 0 amide bonds. The lowest BCUT2D eigenvalue weighted by atomic mass is 9.93. The molecule has 0 fully saturated rings. The molecule has 2 rings (SSSR count). The highest BCUT2D eigenvalue weighted by Gasteiger charge is 2.39. The van der Waals surface area contributed by atoms with Crippen LogP contribution in [0.2, 0.25) is 0 Å². The van der Waals surface area contributed by atoms with Gasteiger partial charge in [0.1, 0.15) is 4.75 Å². The van der Waals surface area contributed by atoms with Crippen LogP contribution in [0, 0.1) is 6.92 Å². The van der Waals surface area contributed by atoms with Gasteiger partial charge in [0, 0.05) is 11.8 Å². The van der Waals surface area contributed by atoms with Crippen LogP contribution in [-0.4, -0.2) is 25.2 Å². The number of hydrogen-bond donors (Lipinski definition) is 0. The van der Waals surface area contributed by atoms with Gasteiger partial charge in [0.05, 0.1) is 0 Å². The molecule has 0 spiro atoms. The predicted octanol–water partition coefficient (Wildman–Crippen LogP) is 3.15. The van der Waals surface area contributed by atoms with E-state index in [1.807, 2.05) is 37.3 Å². The number of ketones is 1. The van der Waals surface area contributed by atoms with Crippen LogP contribution in [0.25, 0.3) is 10.8 Å². The maximum Gasteiger partial charge on any atom is 0.184 e. The van der Waals surface area contributed by atoms with E-state index in [9.17, 15) is 13.2 Å². The Morgan fingerprint density at radius 3 is 2.10 bits per heavy atom. The van der Waals surface area contributed by atoms with E-state index in [2.05, 4.69) is 0 Å². The highest BCUT2D eigenvalue weighted by atomic mass is 32.2. The first-order valence-corrected chi connectivity index (χ1v) is 8.28. The van der Waals surface area contributed by atoms with E-state index >= 15 is 0 Å². The minimum atomic E-state index is -3.48. The van der Waals surface area contributed by atoms with E-state index in [0.29, 0.717) is 5.56 Å². The maximum atomic E-state index is 12.7.